The zero-order valence-corrected chi connectivity index (χ0v) is 20.5. The van der Waals surface area contributed by atoms with E-state index in [-0.39, 0.29) is 17.8 Å². The van der Waals surface area contributed by atoms with Gasteiger partial charge in [-0.15, -0.1) is 0 Å². The Labute approximate surface area is 196 Å². The van der Waals surface area contributed by atoms with Gasteiger partial charge in [-0.3, -0.25) is 4.98 Å². The first-order chi connectivity index (χ1) is 15.8. The van der Waals surface area contributed by atoms with Crippen LogP contribution in [0.1, 0.15) is 55.7 Å². The predicted molar refractivity (Wildman–Crippen MR) is 127 cm³/mol. The third-order valence-corrected chi connectivity index (χ3v) is 6.83. The zero-order chi connectivity index (χ0) is 24.2. The van der Waals surface area contributed by atoms with Crippen LogP contribution in [0.5, 0.6) is 17.2 Å². The number of methoxy groups -OCH3 is 2. The fourth-order valence-electron chi connectivity index (χ4n) is 4.43. The summed E-state index contributed by atoms with van der Waals surface area (Å²) < 4.78 is 16.4. The highest BCUT2D eigenvalue weighted by Gasteiger charge is 2.41. The van der Waals surface area contributed by atoms with Crippen LogP contribution >= 0.6 is 0 Å². The maximum absolute atomic E-state index is 11.0. The van der Waals surface area contributed by atoms with Gasteiger partial charge in [0.25, 0.3) is 0 Å². The van der Waals surface area contributed by atoms with Crippen LogP contribution in [-0.2, 0) is 23.2 Å². The van der Waals surface area contributed by atoms with E-state index in [0.29, 0.717) is 31.0 Å². The lowest BCUT2D eigenvalue weighted by Crippen LogP contribution is -2.36. The van der Waals surface area contributed by atoms with E-state index in [1.54, 1.807) is 20.4 Å². The number of ether oxygens (including phenoxy) is 3. The number of benzene rings is 1. The van der Waals surface area contributed by atoms with Crippen molar-refractivity contribution in [1.29, 1.82) is 5.26 Å². The molecule has 0 spiro atoms. The highest BCUT2D eigenvalue weighted by molar-refractivity contribution is 5.49. The minimum absolute atomic E-state index is 0.0158. The summed E-state index contributed by atoms with van der Waals surface area (Å²) in [6.07, 6.45) is 3.08. The number of likely N-dealkylation sites (N-methyl/N-ethyl adjacent to an activating group) is 1. The molecule has 0 radical (unpaired) electrons. The number of hydrogen-bond acceptors (Lipinski definition) is 7. The van der Waals surface area contributed by atoms with Crippen molar-refractivity contribution in [2.45, 2.75) is 51.7 Å². The SMILES string of the molecule is COc1ccc(CCN(C)CCC(C#N)(c2ncc3c(c2O)COC3C)C(C)C)cc1OC. The number of aromatic nitrogens is 1. The average molecular weight is 454 g/mol. The van der Waals surface area contributed by atoms with Gasteiger partial charge in [0.05, 0.1) is 33.0 Å². The fraction of sp³-hybridized carbons (Fsp3) is 0.538. The first-order valence-corrected chi connectivity index (χ1v) is 11.4. The van der Waals surface area contributed by atoms with Crippen LogP contribution in [0.4, 0.5) is 0 Å². The van der Waals surface area contributed by atoms with Crippen molar-refractivity contribution in [3.63, 3.8) is 0 Å². The van der Waals surface area contributed by atoms with E-state index in [1.807, 2.05) is 39.0 Å². The summed E-state index contributed by atoms with van der Waals surface area (Å²) >= 11 is 0. The van der Waals surface area contributed by atoms with Gasteiger partial charge in [0, 0.05) is 23.9 Å². The van der Waals surface area contributed by atoms with Gasteiger partial charge < -0.3 is 24.2 Å². The second-order valence-electron chi connectivity index (χ2n) is 9.07. The molecule has 2 aromatic rings. The Morgan fingerprint density at radius 3 is 2.64 bits per heavy atom. The number of rotatable bonds is 10. The van der Waals surface area contributed by atoms with E-state index in [2.05, 4.69) is 23.0 Å². The Kier molecular flexibility index (Phi) is 7.83. The number of fused-ring (bicyclic) bond motifs is 1. The van der Waals surface area contributed by atoms with E-state index in [4.69, 9.17) is 14.2 Å². The molecule has 0 amide bonds. The molecule has 1 aliphatic rings. The lowest BCUT2D eigenvalue weighted by molar-refractivity contribution is 0.0790. The molecule has 1 aromatic heterocycles. The van der Waals surface area contributed by atoms with Gasteiger partial charge in [-0.2, -0.15) is 5.26 Å². The normalized spacial score (nSPS) is 17.0. The number of nitrogens with zero attached hydrogens (tertiary/aromatic N) is 3. The fourth-order valence-corrected chi connectivity index (χ4v) is 4.43. The van der Waals surface area contributed by atoms with Crippen molar-refractivity contribution in [2.75, 3.05) is 34.4 Å². The summed E-state index contributed by atoms with van der Waals surface area (Å²) in [5.74, 6) is 1.53. The van der Waals surface area contributed by atoms with Crippen molar-refractivity contribution >= 4 is 0 Å². The van der Waals surface area contributed by atoms with Gasteiger partial charge in [0.1, 0.15) is 16.9 Å². The zero-order valence-electron chi connectivity index (χ0n) is 20.5. The predicted octanol–water partition coefficient (Wildman–Crippen LogP) is 4.38. The van der Waals surface area contributed by atoms with Gasteiger partial charge in [0.15, 0.2) is 11.5 Å². The Balaban J connectivity index is 1.73. The second-order valence-corrected chi connectivity index (χ2v) is 9.07. The van der Waals surface area contributed by atoms with Crippen LogP contribution in [0.3, 0.4) is 0 Å². The number of hydrogen-bond donors (Lipinski definition) is 1. The first-order valence-electron chi connectivity index (χ1n) is 11.4. The summed E-state index contributed by atoms with van der Waals surface area (Å²) in [4.78, 5) is 6.78. The molecule has 0 saturated heterocycles. The molecule has 2 atom stereocenters. The molecular formula is C26H35N3O4. The molecule has 3 rings (SSSR count). The van der Waals surface area contributed by atoms with E-state index >= 15 is 0 Å². The molecule has 7 nitrogen and oxygen atoms in total. The molecule has 2 heterocycles. The Morgan fingerprint density at radius 2 is 2.00 bits per heavy atom. The van der Waals surface area contributed by atoms with Crippen molar-refractivity contribution in [2.24, 2.45) is 5.92 Å². The largest absolute Gasteiger partial charge is 0.506 e. The minimum atomic E-state index is -0.886. The number of aromatic hydroxyl groups is 1. The minimum Gasteiger partial charge on any atom is -0.506 e. The molecular weight excluding hydrogens is 418 g/mol. The molecule has 1 aromatic carbocycles. The van der Waals surface area contributed by atoms with E-state index in [0.717, 1.165) is 35.4 Å². The number of nitriles is 1. The summed E-state index contributed by atoms with van der Waals surface area (Å²) in [6.45, 7) is 7.84. The highest BCUT2D eigenvalue weighted by Crippen LogP contribution is 2.44. The molecule has 0 fully saturated rings. The van der Waals surface area contributed by atoms with Crippen LogP contribution in [0.2, 0.25) is 0 Å². The molecule has 1 aliphatic heterocycles. The molecule has 0 bridgehead atoms. The molecule has 2 unspecified atom stereocenters. The average Bonchev–Trinajstić information content (AvgIpc) is 3.20. The molecule has 0 aliphatic carbocycles. The van der Waals surface area contributed by atoms with Crippen LogP contribution in [0, 0.1) is 17.2 Å². The summed E-state index contributed by atoms with van der Waals surface area (Å²) in [5, 5.41) is 21.3. The topological polar surface area (TPSA) is 87.8 Å². The van der Waals surface area contributed by atoms with Gasteiger partial charge in [-0.25, -0.2) is 0 Å². The first kappa shape index (κ1) is 24.8. The molecule has 178 valence electrons. The maximum atomic E-state index is 11.0. The van der Waals surface area contributed by atoms with Crippen LogP contribution in [0.15, 0.2) is 24.4 Å². The molecule has 7 heteroatoms. The lowest BCUT2D eigenvalue weighted by atomic mass is 9.72. The van der Waals surface area contributed by atoms with Gasteiger partial charge in [0.2, 0.25) is 0 Å². The smallest absolute Gasteiger partial charge is 0.160 e. The van der Waals surface area contributed by atoms with Crippen molar-refractivity contribution in [1.82, 2.24) is 9.88 Å². The highest BCUT2D eigenvalue weighted by atomic mass is 16.5. The third-order valence-electron chi connectivity index (χ3n) is 6.83. The van der Waals surface area contributed by atoms with E-state index in [9.17, 15) is 10.4 Å². The quantitative estimate of drug-likeness (QED) is 0.571. The Bertz CT molecular complexity index is 1020. The van der Waals surface area contributed by atoms with Gasteiger partial charge in [-0.05, 0) is 57.0 Å². The Hall–Kier alpha value is -2.82. The van der Waals surface area contributed by atoms with Crippen molar-refractivity contribution in [3.05, 3.63) is 46.8 Å². The standard InChI is InChI=1S/C26H35N3O4/c1-17(2)26(16-27,25-24(30)21-15-33-18(3)20(21)14-28-25)10-12-29(4)11-9-19-7-8-22(31-5)23(13-19)32-6/h7-8,13-14,17-18,30H,9-12,15H2,1-6H3. The van der Waals surface area contributed by atoms with E-state index in [1.165, 1.54) is 0 Å². The summed E-state index contributed by atoms with van der Waals surface area (Å²) in [5.41, 5.74) is 2.39. The Morgan fingerprint density at radius 1 is 1.27 bits per heavy atom. The monoisotopic (exact) mass is 453 g/mol. The summed E-state index contributed by atoms with van der Waals surface area (Å²) in [6, 6.07) is 8.46. The van der Waals surface area contributed by atoms with Gasteiger partial charge in [-0.1, -0.05) is 19.9 Å². The maximum Gasteiger partial charge on any atom is 0.160 e. The van der Waals surface area contributed by atoms with Gasteiger partial charge >= 0.3 is 0 Å². The molecule has 0 saturated carbocycles. The number of pyridine rings is 1. The molecule has 33 heavy (non-hydrogen) atoms. The third kappa shape index (κ3) is 4.92. The van der Waals surface area contributed by atoms with Crippen LogP contribution in [-0.4, -0.2) is 49.3 Å². The van der Waals surface area contributed by atoms with E-state index < -0.39 is 5.41 Å². The van der Waals surface area contributed by atoms with Crippen molar-refractivity contribution < 1.29 is 19.3 Å². The lowest BCUT2D eigenvalue weighted by Gasteiger charge is -2.33. The van der Waals surface area contributed by atoms with Crippen molar-refractivity contribution in [3.8, 4) is 23.3 Å². The van der Waals surface area contributed by atoms with Crippen LogP contribution in [0.25, 0.3) is 0 Å². The molecule has 1 N–H and O–H groups in total. The second kappa shape index (κ2) is 10.4. The summed E-state index contributed by atoms with van der Waals surface area (Å²) in [7, 11) is 5.31. The van der Waals surface area contributed by atoms with Crippen LogP contribution < -0.4 is 9.47 Å².